The maximum absolute atomic E-state index is 10.8. The van der Waals surface area contributed by atoms with Gasteiger partial charge >= 0.3 is 0 Å². The van der Waals surface area contributed by atoms with Gasteiger partial charge in [-0.3, -0.25) is 10.1 Å². The summed E-state index contributed by atoms with van der Waals surface area (Å²) in [6.45, 7) is 4.46. The Balaban J connectivity index is 1.82. The van der Waals surface area contributed by atoms with Crippen LogP contribution in [-0.2, 0) is 9.47 Å². The highest BCUT2D eigenvalue weighted by atomic mass is 16.7. The van der Waals surface area contributed by atoms with Crippen molar-refractivity contribution in [2.24, 2.45) is 11.8 Å². The first kappa shape index (κ1) is 17.4. The predicted molar refractivity (Wildman–Crippen MR) is 91.6 cm³/mol. The van der Waals surface area contributed by atoms with Crippen LogP contribution in [0, 0.1) is 22.0 Å². The van der Waals surface area contributed by atoms with Crippen LogP contribution in [0.3, 0.4) is 0 Å². The summed E-state index contributed by atoms with van der Waals surface area (Å²) in [7, 11) is 0. The minimum Gasteiger partial charge on any atom is -0.345 e. The van der Waals surface area contributed by atoms with E-state index in [4.69, 9.17) is 9.47 Å². The van der Waals surface area contributed by atoms with Crippen LogP contribution in [-0.4, -0.2) is 17.1 Å². The van der Waals surface area contributed by atoms with Crippen molar-refractivity contribution < 1.29 is 14.4 Å². The molecule has 0 radical (unpaired) electrons. The highest BCUT2D eigenvalue weighted by molar-refractivity contribution is 5.33. The fourth-order valence-electron chi connectivity index (χ4n) is 4.23. The summed E-state index contributed by atoms with van der Waals surface area (Å²) in [6.07, 6.45) is 7.02. The maximum atomic E-state index is 10.8. The number of ether oxygens (including phenoxy) is 2. The van der Waals surface area contributed by atoms with Crippen LogP contribution in [0.4, 0.5) is 5.69 Å². The van der Waals surface area contributed by atoms with E-state index in [2.05, 4.69) is 13.8 Å². The zero-order valence-electron chi connectivity index (χ0n) is 14.5. The van der Waals surface area contributed by atoms with Crippen molar-refractivity contribution in [1.82, 2.24) is 0 Å². The lowest BCUT2D eigenvalue weighted by Gasteiger charge is -2.47. The van der Waals surface area contributed by atoms with Gasteiger partial charge in [0.05, 0.1) is 17.1 Å². The van der Waals surface area contributed by atoms with Crippen molar-refractivity contribution in [3.05, 3.63) is 39.9 Å². The fraction of sp³-hybridized carbons (Fsp3) is 0.684. The van der Waals surface area contributed by atoms with Crippen molar-refractivity contribution >= 4 is 5.69 Å². The molecule has 132 valence electrons. The molecule has 0 amide bonds. The lowest BCUT2D eigenvalue weighted by Crippen LogP contribution is -2.47. The second kappa shape index (κ2) is 7.62. The molecule has 3 rings (SSSR count). The Labute approximate surface area is 143 Å². The van der Waals surface area contributed by atoms with Gasteiger partial charge in [0.25, 0.3) is 5.69 Å². The van der Waals surface area contributed by atoms with Crippen LogP contribution >= 0.6 is 0 Å². The van der Waals surface area contributed by atoms with Gasteiger partial charge in [-0.2, -0.15) is 0 Å². The molecule has 0 spiro atoms. The number of hydrogen-bond acceptors (Lipinski definition) is 4. The van der Waals surface area contributed by atoms with Gasteiger partial charge < -0.3 is 9.47 Å². The lowest BCUT2D eigenvalue weighted by atomic mass is 9.76. The first-order valence-electron chi connectivity index (χ1n) is 9.19. The van der Waals surface area contributed by atoms with Gasteiger partial charge in [-0.25, -0.2) is 0 Å². The van der Waals surface area contributed by atoms with Crippen LogP contribution < -0.4 is 0 Å². The number of hydrogen-bond donors (Lipinski definition) is 0. The zero-order chi connectivity index (χ0) is 17.1. The molecule has 2 aliphatic rings. The quantitative estimate of drug-likeness (QED) is 0.561. The van der Waals surface area contributed by atoms with Gasteiger partial charge in [0.2, 0.25) is 0 Å². The Bertz CT molecular complexity index is 555. The predicted octanol–water partition coefficient (Wildman–Crippen LogP) is 5.00. The lowest BCUT2D eigenvalue weighted by molar-refractivity contribution is -0.384. The molecule has 2 fully saturated rings. The van der Waals surface area contributed by atoms with Crippen LogP contribution in [0.2, 0.25) is 0 Å². The van der Waals surface area contributed by atoms with Gasteiger partial charge in [-0.15, -0.1) is 0 Å². The molecule has 1 aliphatic carbocycles. The summed E-state index contributed by atoms with van der Waals surface area (Å²) in [6, 6.07) is 6.58. The number of benzene rings is 1. The van der Waals surface area contributed by atoms with E-state index in [0.717, 1.165) is 24.8 Å². The Morgan fingerprint density at radius 2 is 1.79 bits per heavy atom. The molecule has 1 aliphatic heterocycles. The topological polar surface area (TPSA) is 61.6 Å². The first-order valence-corrected chi connectivity index (χ1v) is 9.19. The second-order valence-corrected chi connectivity index (χ2v) is 6.98. The molecule has 1 saturated heterocycles. The minimum atomic E-state index is -0.407. The number of non-ortho nitro benzene ring substituents is 1. The van der Waals surface area contributed by atoms with Gasteiger partial charge in [0.1, 0.15) is 0 Å². The van der Waals surface area contributed by atoms with Crippen LogP contribution in [0.25, 0.3) is 0 Å². The summed E-state index contributed by atoms with van der Waals surface area (Å²) in [5.74, 6) is 1.03. The van der Waals surface area contributed by atoms with Crippen molar-refractivity contribution in [2.75, 3.05) is 0 Å². The van der Waals surface area contributed by atoms with Crippen molar-refractivity contribution in [3.8, 4) is 0 Å². The summed E-state index contributed by atoms with van der Waals surface area (Å²) < 4.78 is 12.6. The molecule has 0 N–H and O–H groups in total. The van der Waals surface area contributed by atoms with Gasteiger partial charge in [-0.1, -0.05) is 39.5 Å². The van der Waals surface area contributed by atoms with E-state index in [1.807, 2.05) is 0 Å². The molecular weight excluding hydrogens is 306 g/mol. The Morgan fingerprint density at radius 3 is 2.42 bits per heavy atom. The molecule has 0 aromatic heterocycles. The molecule has 0 unspecified atom stereocenters. The van der Waals surface area contributed by atoms with Crippen molar-refractivity contribution in [3.63, 3.8) is 0 Å². The highest BCUT2D eigenvalue weighted by Gasteiger charge is 2.43. The maximum Gasteiger partial charge on any atom is 0.269 e. The third-order valence-electron chi connectivity index (χ3n) is 5.64. The largest absolute Gasteiger partial charge is 0.345 e. The smallest absolute Gasteiger partial charge is 0.269 e. The number of nitrogens with zero attached hydrogens (tertiary/aromatic N) is 1. The van der Waals surface area contributed by atoms with Crippen LogP contribution in [0.5, 0.6) is 0 Å². The zero-order valence-corrected chi connectivity index (χ0v) is 14.5. The number of fused-ring (bicyclic) bond motifs is 1. The van der Waals surface area contributed by atoms with E-state index >= 15 is 0 Å². The van der Waals surface area contributed by atoms with E-state index in [1.165, 1.54) is 31.4 Å². The van der Waals surface area contributed by atoms with E-state index < -0.39 is 6.29 Å². The number of nitro benzene ring substituents is 1. The minimum absolute atomic E-state index is 0.0987. The van der Waals surface area contributed by atoms with E-state index in [0.29, 0.717) is 11.8 Å². The highest BCUT2D eigenvalue weighted by Crippen LogP contribution is 2.44. The number of nitro groups is 1. The molecular formula is C19H27NO4. The van der Waals surface area contributed by atoms with Gasteiger partial charge in [0.15, 0.2) is 6.29 Å². The van der Waals surface area contributed by atoms with E-state index in [9.17, 15) is 10.1 Å². The fourth-order valence-corrected chi connectivity index (χ4v) is 4.23. The average Bonchev–Trinajstić information content (AvgIpc) is 2.62. The van der Waals surface area contributed by atoms with Crippen molar-refractivity contribution in [1.29, 1.82) is 0 Å². The molecule has 1 heterocycles. The molecule has 5 nitrogen and oxygen atoms in total. The molecule has 0 bridgehead atoms. The van der Waals surface area contributed by atoms with E-state index in [1.54, 1.807) is 12.1 Å². The monoisotopic (exact) mass is 333 g/mol. The third kappa shape index (κ3) is 3.47. The average molecular weight is 333 g/mol. The Kier molecular flexibility index (Phi) is 5.51. The summed E-state index contributed by atoms with van der Waals surface area (Å²) in [4.78, 5) is 10.5. The third-order valence-corrected chi connectivity index (χ3v) is 5.64. The molecule has 24 heavy (non-hydrogen) atoms. The molecule has 4 atom stereocenters. The van der Waals surface area contributed by atoms with Crippen molar-refractivity contribution in [2.45, 2.75) is 70.9 Å². The second-order valence-electron chi connectivity index (χ2n) is 6.98. The first-order chi connectivity index (χ1) is 11.6. The molecule has 1 saturated carbocycles. The van der Waals surface area contributed by atoms with Crippen LogP contribution in [0.1, 0.15) is 64.2 Å². The number of rotatable bonds is 5. The summed E-state index contributed by atoms with van der Waals surface area (Å²) in [5.41, 5.74) is 0.974. The van der Waals surface area contributed by atoms with Gasteiger partial charge in [-0.05, 0) is 30.9 Å². The summed E-state index contributed by atoms with van der Waals surface area (Å²) in [5, 5.41) is 10.8. The summed E-state index contributed by atoms with van der Waals surface area (Å²) >= 11 is 0. The SMILES string of the molecule is CCC(CC)[C@H]1O[C@@H](c2ccc([N+](=O)[O-])cc2)O[C@H]2CCCC[C@@H]21. The van der Waals surface area contributed by atoms with Crippen LogP contribution in [0.15, 0.2) is 24.3 Å². The standard InChI is InChI=1S/C19H27NO4/c1-3-13(4-2)18-16-7-5-6-8-17(16)23-19(24-18)14-9-11-15(12-10-14)20(21)22/h9-13,16-19H,3-8H2,1-2H3/t16-,17-,18+,19-/m0/s1. The van der Waals surface area contributed by atoms with E-state index in [-0.39, 0.29) is 22.8 Å². The molecule has 5 heteroatoms. The molecule has 1 aromatic rings. The van der Waals surface area contributed by atoms with Gasteiger partial charge in [0, 0.05) is 23.6 Å². The molecule has 1 aromatic carbocycles. The normalized spacial score (nSPS) is 30.1. The Hall–Kier alpha value is -1.46. The Morgan fingerprint density at radius 1 is 1.12 bits per heavy atom.